The van der Waals surface area contributed by atoms with E-state index in [1.54, 1.807) is 0 Å². The number of nitrogens with zero attached hydrogens (tertiary/aromatic N) is 1. The molecule has 0 atom stereocenters. The summed E-state index contributed by atoms with van der Waals surface area (Å²) in [6.07, 6.45) is 0.833. The lowest BCUT2D eigenvalue weighted by molar-refractivity contribution is 0.122. The third kappa shape index (κ3) is 1.99. The highest BCUT2D eigenvalue weighted by Crippen LogP contribution is 1.92. The highest BCUT2D eigenvalue weighted by Gasteiger charge is 2.05. The van der Waals surface area contributed by atoms with Crippen molar-refractivity contribution in [1.29, 1.82) is 0 Å². The quantitative estimate of drug-likeness (QED) is 0.520. The van der Waals surface area contributed by atoms with Gasteiger partial charge in [-0.25, -0.2) is 0 Å². The fraction of sp³-hybridized carbons (Fsp3) is 0.800. The Morgan fingerprint density at radius 1 is 1.78 bits per heavy atom. The van der Waals surface area contributed by atoms with E-state index >= 15 is 0 Å². The summed E-state index contributed by atoms with van der Waals surface area (Å²) >= 11 is 0. The normalized spacial score (nSPS) is 22.6. The first-order valence-electron chi connectivity index (χ1n) is 2.95. The van der Waals surface area contributed by atoms with E-state index in [1.165, 1.54) is 0 Å². The zero-order valence-electron chi connectivity index (χ0n) is 5.13. The fourth-order valence-electron chi connectivity index (χ4n) is 0.629. The number of nitrogens with one attached hydrogen (secondary N) is 1. The number of hydroxylamine groups is 1. The van der Waals surface area contributed by atoms with Crippen LogP contribution in [0.5, 0.6) is 0 Å². The second-order valence-electron chi connectivity index (χ2n) is 1.75. The predicted molar refractivity (Wildman–Crippen MR) is 33.1 cm³/mol. The minimum Gasteiger partial charge on any atom is -0.394 e. The van der Waals surface area contributed by atoms with Gasteiger partial charge in [0.15, 0.2) is 0 Å². The highest BCUT2D eigenvalue weighted by molar-refractivity contribution is 5.82. The van der Waals surface area contributed by atoms with E-state index in [0.29, 0.717) is 13.2 Å². The molecule has 1 heterocycles. The minimum absolute atomic E-state index is 0.102. The summed E-state index contributed by atoms with van der Waals surface area (Å²) in [4.78, 5) is 8.76. The lowest BCUT2D eigenvalue weighted by atomic mass is 10.4. The molecule has 52 valence electrons. The average molecular weight is 130 g/mol. The number of aliphatic imine (C=N–C) groups is 1. The Bertz CT molecular complexity index is 106. The molecule has 2 N–H and O–H groups in total. The Morgan fingerprint density at radius 3 is 3.22 bits per heavy atom. The number of hydrogen-bond donors (Lipinski definition) is 2. The van der Waals surface area contributed by atoms with Gasteiger partial charge in [-0.15, -0.1) is 0 Å². The first-order valence-corrected chi connectivity index (χ1v) is 2.95. The zero-order valence-corrected chi connectivity index (χ0v) is 5.13. The van der Waals surface area contributed by atoms with Gasteiger partial charge in [0.2, 0.25) is 0 Å². The fourth-order valence-corrected chi connectivity index (χ4v) is 0.629. The van der Waals surface area contributed by atoms with Crippen LogP contribution in [0.3, 0.4) is 0 Å². The molecule has 0 aromatic heterocycles. The molecule has 4 nitrogen and oxygen atoms in total. The van der Waals surface area contributed by atoms with Crippen LogP contribution in [0.25, 0.3) is 0 Å². The van der Waals surface area contributed by atoms with Crippen molar-refractivity contribution in [1.82, 2.24) is 5.48 Å². The minimum atomic E-state index is 0.102. The molecule has 0 aromatic rings. The van der Waals surface area contributed by atoms with Crippen LogP contribution in [0.15, 0.2) is 4.99 Å². The van der Waals surface area contributed by atoms with E-state index < -0.39 is 0 Å². The van der Waals surface area contributed by atoms with Gasteiger partial charge in [0.1, 0.15) is 5.84 Å². The van der Waals surface area contributed by atoms with Crippen molar-refractivity contribution in [2.24, 2.45) is 4.99 Å². The van der Waals surface area contributed by atoms with Crippen LogP contribution in [0.2, 0.25) is 0 Å². The molecule has 4 heteroatoms. The van der Waals surface area contributed by atoms with Crippen LogP contribution in [0, 0.1) is 0 Å². The summed E-state index contributed by atoms with van der Waals surface area (Å²) in [5.74, 6) is 0.837. The average Bonchev–Trinajstić information content (AvgIpc) is 2.34. The summed E-state index contributed by atoms with van der Waals surface area (Å²) in [7, 11) is 0. The summed E-state index contributed by atoms with van der Waals surface area (Å²) in [5.41, 5.74) is 2.63. The van der Waals surface area contributed by atoms with Gasteiger partial charge >= 0.3 is 0 Å². The summed E-state index contributed by atoms with van der Waals surface area (Å²) in [5, 5.41) is 8.35. The Hall–Kier alpha value is -0.610. The van der Waals surface area contributed by atoms with Gasteiger partial charge in [-0.3, -0.25) is 15.3 Å². The SMILES string of the molecule is OCCN=C1CCON1. The Balaban J connectivity index is 2.22. The van der Waals surface area contributed by atoms with Crippen LogP contribution in [-0.4, -0.2) is 30.7 Å². The molecule has 1 saturated heterocycles. The maximum atomic E-state index is 8.35. The Morgan fingerprint density at radius 2 is 2.67 bits per heavy atom. The first kappa shape index (κ1) is 6.51. The van der Waals surface area contributed by atoms with Crippen molar-refractivity contribution in [2.75, 3.05) is 19.8 Å². The molecule has 1 rings (SSSR count). The summed E-state index contributed by atoms with van der Waals surface area (Å²) in [6, 6.07) is 0. The summed E-state index contributed by atoms with van der Waals surface area (Å²) < 4.78 is 0. The van der Waals surface area contributed by atoms with E-state index in [9.17, 15) is 0 Å². The number of amidine groups is 1. The molecular weight excluding hydrogens is 120 g/mol. The van der Waals surface area contributed by atoms with Crippen molar-refractivity contribution < 1.29 is 9.94 Å². The second kappa shape index (κ2) is 3.42. The van der Waals surface area contributed by atoms with E-state index in [0.717, 1.165) is 12.3 Å². The zero-order chi connectivity index (χ0) is 6.53. The van der Waals surface area contributed by atoms with Crippen molar-refractivity contribution in [3.8, 4) is 0 Å². The lowest BCUT2D eigenvalue weighted by Crippen LogP contribution is -2.13. The lowest BCUT2D eigenvalue weighted by Gasteiger charge is -1.92. The standard InChI is InChI=1S/C5H10N2O2/c8-3-2-6-5-1-4-9-7-5/h8H,1-4H2,(H,6,7). The van der Waals surface area contributed by atoms with E-state index in [-0.39, 0.29) is 6.61 Å². The molecule has 0 unspecified atom stereocenters. The smallest absolute Gasteiger partial charge is 0.123 e. The number of aliphatic hydroxyl groups excluding tert-OH is 1. The molecule has 0 spiro atoms. The molecule has 1 aliphatic heterocycles. The number of aliphatic hydroxyl groups is 1. The molecular formula is C5H10N2O2. The van der Waals surface area contributed by atoms with Gasteiger partial charge in [-0.1, -0.05) is 0 Å². The van der Waals surface area contributed by atoms with Crippen LogP contribution >= 0.6 is 0 Å². The topological polar surface area (TPSA) is 53.9 Å². The molecule has 9 heavy (non-hydrogen) atoms. The molecule has 1 fully saturated rings. The van der Waals surface area contributed by atoms with Gasteiger partial charge in [-0.2, -0.15) is 0 Å². The second-order valence-corrected chi connectivity index (χ2v) is 1.75. The van der Waals surface area contributed by atoms with Crippen LogP contribution < -0.4 is 5.48 Å². The molecule has 0 aliphatic carbocycles. The molecule has 0 amide bonds. The third-order valence-electron chi connectivity index (χ3n) is 1.03. The first-order chi connectivity index (χ1) is 4.43. The maximum Gasteiger partial charge on any atom is 0.123 e. The van der Waals surface area contributed by atoms with Gasteiger partial charge in [0, 0.05) is 6.42 Å². The highest BCUT2D eigenvalue weighted by atomic mass is 16.7. The summed E-state index contributed by atoms with van der Waals surface area (Å²) in [6.45, 7) is 1.25. The van der Waals surface area contributed by atoms with Gasteiger partial charge in [0.05, 0.1) is 19.8 Å². The van der Waals surface area contributed by atoms with Gasteiger partial charge in [0.25, 0.3) is 0 Å². The van der Waals surface area contributed by atoms with Crippen molar-refractivity contribution >= 4 is 5.84 Å². The molecule has 0 aromatic carbocycles. The monoisotopic (exact) mass is 130 g/mol. The van der Waals surface area contributed by atoms with E-state index in [4.69, 9.17) is 9.94 Å². The molecule has 1 aliphatic rings. The largest absolute Gasteiger partial charge is 0.394 e. The number of rotatable bonds is 2. The third-order valence-corrected chi connectivity index (χ3v) is 1.03. The van der Waals surface area contributed by atoms with E-state index in [1.807, 2.05) is 0 Å². The Labute approximate surface area is 53.5 Å². The van der Waals surface area contributed by atoms with Gasteiger partial charge < -0.3 is 5.11 Å². The Kier molecular flexibility index (Phi) is 2.48. The number of hydrogen-bond acceptors (Lipinski definition) is 3. The van der Waals surface area contributed by atoms with E-state index in [2.05, 4.69) is 10.5 Å². The van der Waals surface area contributed by atoms with Crippen molar-refractivity contribution in [3.63, 3.8) is 0 Å². The molecule has 0 bridgehead atoms. The van der Waals surface area contributed by atoms with Crippen molar-refractivity contribution in [2.45, 2.75) is 6.42 Å². The van der Waals surface area contributed by atoms with Crippen LogP contribution in [0.1, 0.15) is 6.42 Å². The van der Waals surface area contributed by atoms with Crippen LogP contribution in [-0.2, 0) is 4.84 Å². The van der Waals surface area contributed by atoms with Gasteiger partial charge in [-0.05, 0) is 0 Å². The maximum absolute atomic E-state index is 8.35. The van der Waals surface area contributed by atoms with Crippen LogP contribution in [0.4, 0.5) is 0 Å². The predicted octanol–water partition coefficient (Wildman–Crippen LogP) is -0.698. The van der Waals surface area contributed by atoms with Crippen molar-refractivity contribution in [3.05, 3.63) is 0 Å². The molecule has 0 radical (unpaired) electrons. The molecule has 0 saturated carbocycles.